The van der Waals surface area contributed by atoms with Crippen LogP contribution in [0.5, 0.6) is 5.75 Å². The first-order valence-electron chi connectivity index (χ1n) is 7.53. The molecule has 0 aliphatic rings. The zero-order valence-electron chi connectivity index (χ0n) is 14.0. The van der Waals surface area contributed by atoms with Gasteiger partial charge in [-0.1, -0.05) is 0 Å². The fourth-order valence-corrected chi connectivity index (χ4v) is 2.56. The van der Waals surface area contributed by atoms with Crippen LogP contribution in [0.15, 0.2) is 40.8 Å². The summed E-state index contributed by atoms with van der Waals surface area (Å²) in [6.07, 6.45) is 0. The van der Waals surface area contributed by atoms with Crippen molar-refractivity contribution in [1.82, 2.24) is 0 Å². The lowest BCUT2D eigenvalue weighted by atomic mass is 10.1. The minimum absolute atomic E-state index is 0.0374. The molecule has 0 bridgehead atoms. The largest absolute Gasteiger partial charge is 0.497 e. The number of carbonyl (C=O) groups excluding carboxylic acids is 1. The van der Waals surface area contributed by atoms with Gasteiger partial charge in [0.25, 0.3) is 11.6 Å². The van der Waals surface area contributed by atoms with Crippen molar-refractivity contribution < 1.29 is 18.9 Å². The molecule has 0 fully saturated rings. The van der Waals surface area contributed by atoms with Crippen LogP contribution in [0.25, 0.3) is 11.0 Å². The number of benzene rings is 2. The number of anilines is 1. The lowest BCUT2D eigenvalue weighted by Gasteiger charge is -2.07. The molecule has 3 rings (SSSR count). The van der Waals surface area contributed by atoms with Gasteiger partial charge in [-0.05, 0) is 49.7 Å². The van der Waals surface area contributed by atoms with Crippen LogP contribution < -0.4 is 10.1 Å². The van der Waals surface area contributed by atoms with Gasteiger partial charge in [0.05, 0.1) is 12.0 Å². The smallest absolute Gasteiger partial charge is 0.291 e. The molecule has 1 amide bonds. The molecule has 7 nitrogen and oxygen atoms in total. The van der Waals surface area contributed by atoms with Crippen LogP contribution >= 0.6 is 0 Å². The van der Waals surface area contributed by atoms with Crippen molar-refractivity contribution in [3.8, 4) is 5.75 Å². The molecule has 0 aliphatic carbocycles. The average molecular weight is 340 g/mol. The number of rotatable bonds is 4. The van der Waals surface area contributed by atoms with Crippen LogP contribution in [0.1, 0.15) is 21.7 Å². The van der Waals surface area contributed by atoms with Gasteiger partial charge in [-0.2, -0.15) is 0 Å². The number of methoxy groups -OCH3 is 1. The number of furan rings is 1. The van der Waals surface area contributed by atoms with E-state index in [2.05, 4.69) is 5.32 Å². The first-order chi connectivity index (χ1) is 11.9. The molecule has 0 aliphatic heterocycles. The number of aryl methyl sites for hydroxylation is 1. The van der Waals surface area contributed by atoms with Gasteiger partial charge in [-0.3, -0.25) is 14.9 Å². The Bertz CT molecular complexity index is 991. The Kier molecular flexibility index (Phi) is 4.14. The first-order valence-corrected chi connectivity index (χ1v) is 7.53. The first kappa shape index (κ1) is 16.5. The Morgan fingerprint density at radius 3 is 2.64 bits per heavy atom. The van der Waals surface area contributed by atoms with E-state index in [1.807, 2.05) is 0 Å². The number of hydrogen-bond donors (Lipinski definition) is 1. The van der Waals surface area contributed by atoms with Crippen molar-refractivity contribution in [2.45, 2.75) is 13.8 Å². The molecule has 128 valence electrons. The topological polar surface area (TPSA) is 94.6 Å². The summed E-state index contributed by atoms with van der Waals surface area (Å²) < 4.78 is 10.7. The number of fused-ring (bicyclic) bond motifs is 1. The molecule has 0 radical (unpaired) electrons. The quantitative estimate of drug-likeness (QED) is 0.567. The fourth-order valence-electron chi connectivity index (χ4n) is 2.56. The predicted octanol–water partition coefficient (Wildman–Crippen LogP) is 4.22. The van der Waals surface area contributed by atoms with Gasteiger partial charge in [0.1, 0.15) is 11.3 Å². The predicted molar refractivity (Wildman–Crippen MR) is 93.3 cm³/mol. The molecule has 25 heavy (non-hydrogen) atoms. The van der Waals surface area contributed by atoms with E-state index in [9.17, 15) is 14.9 Å². The summed E-state index contributed by atoms with van der Waals surface area (Å²) in [5.41, 5.74) is 2.15. The summed E-state index contributed by atoms with van der Waals surface area (Å²) in [6.45, 7) is 3.43. The minimum atomic E-state index is -0.479. The summed E-state index contributed by atoms with van der Waals surface area (Å²) in [7, 11) is 1.56. The normalized spacial score (nSPS) is 10.7. The third kappa shape index (κ3) is 3.16. The highest BCUT2D eigenvalue weighted by Crippen LogP contribution is 2.28. The molecule has 0 unspecified atom stereocenters. The van der Waals surface area contributed by atoms with E-state index in [1.54, 1.807) is 51.3 Å². The Balaban J connectivity index is 1.91. The van der Waals surface area contributed by atoms with Crippen molar-refractivity contribution in [3.63, 3.8) is 0 Å². The molecule has 2 aromatic carbocycles. The average Bonchev–Trinajstić information content (AvgIpc) is 3.00. The summed E-state index contributed by atoms with van der Waals surface area (Å²) >= 11 is 0. The Morgan fingerprint density at radius 1 is 1.20 bits per heavy atom. The van der Waals surface area contributed by atoms with Crippen molar-refractivity contribution in [2.75, 3.05) is 12.4 Å². The van der Waals surface area contributed by atoms with E-state index in [-0.39, 0.29) is 11.4 Å². The number of nitrogens with one attached hydrogen (secondary N) is 1. The standard InChI is InChI=1S/C18H16N2O5/c1-10-6-13(9-15(11(10)2)20(22)23)19-18(21)17-8-12-7-14(24-3)4-5-16(12)25-17/h4-9H,1-3H3,(H,19,21). The fraction of sp³-hybridized carbons (Fsp3) is 0.167. The van der Waals surface area contributed by atoms with Crippen LogP contribution in [0.4, 0.5) is 11.4 Å². The minimum Gasteiger partial charge on any atom is -0.497 e. The van der Waals surface area contributed by atoms with Crippen LogP contribution in [-0.4, -0.2) is 17.9 Å². The zero-order valence-corrected chi connectivity index (χ0v) is 14.0. The maximum Gasteiger partial charge on any atom is 0.291 e. The van der Waals surface area contributed by atoms with E-state index < -0.39 is 10.8 Å². The molecule has 7 heteroatoms. The van der Waals surface area contributed by atoms with E-state index in [4.69, 9.17) is 9.15 Å². The second kappa shape index (κ2) is 6.27. The maximum absolute atomic E-state index is 12.4. The number of hydrogen-bond acceptors (Lipinski definition) is 5. The van der Waals surface area contributed by atoms with Gasteiger partial charge in [0.2, 0.25) is 0 Å². The van der Waals surface area contributed by atoms with Gasteiger partial charge in [0.15, 0.2) is 5.76 Å². The van der Waals surface area contributed by atoms with Crippen LogP contribution in [-0.2, 0) is 0 Å². The van der Waals surface area contributed by atoms with Gasteiger partial charge < -0.3 is 14.5 Å². The third-order valence-electron chi connectivity index (χ3n) is 4.04. The van der Waals surface area contributed by atoms with E-state index in [1.165, 1.54) is 6.07 Å². The summed E-state index contributed by atoms with van der Waals surface area (Å²) in [5, 5.41) is 14.5. The Hall–Kier alpha value is -3.35. The molecule has 0 saturated heterocycles. The number of ether oxygens (including phenoxy) is 1. The van der Waals surface area contributed by atoms with Crippen LogP contribution in [0.3, 0.4) is 0 Å². The molecular weight excluding hydrogens is 324 g/mol. The molecule has 0 atom stereocenters. The number of nitro benzene ring substituents is 1. The van der Waals surface area contributed by atoms with Crippen LogP contribution in [0, 0.1) is 24.0 Å². The Morgan fingerprint density at radius 2 is 1.96 bits per heavy atom. The molecular formula is C18H16N2O5. The van der Waals surface area contributed by atoms with Gasteiger partial charge in [-0.25, -0.2) is 0 Å². The lowest BCUT2D eigenvalue weighted by Crippen LogP contribution is -2.11. The SMILES string of the molecule is COc1ccc2oc(C(=O)Nc3cc(C)c(C)c([N+](=O)[O-])c3)cc2c1. The van der Waals surface area contributed by atoms with Gasteiger partial charge in [-0.15, -0.1) is 0 Å². The molecule has 0 spiro atoms. The number of amides is 1. The molecule has 0 saturated carbocycles. The second-order valence-corrected chi connectivity index (χ2v) is 5.66. The maximum atomic E-state index is 12.4. The summed E-state index contributed by atoms with van der Waals surface area (Å²) in [6, 6.07) is 9.84. The third-order valence-corrected chi connectivity index (χ3v) is 4.04. The highest BCUT2D eigenvalue weighted by Gasteiger charge is 2.17. The molecule has 3 aromatic rings. The van der Waals surface area contributed by atoms with Gasteiger partial charge in [0, 0.05) is 22.7 Å². The monoisotopic (exact) mass is 340 g/mol. The highest BCUT2D eigenvalue weighted by atomic mass is 16.6. The number of carbonyl (C=O) groups is 1. The number of nitrogens with zero attached hydrogens (tertiary/aromatic N) is 1. The number of nitro groups is 1. The highest BCUT2D eigenvalue weighted by molar-refractivity contribution is 6.05. The van der Waals surface area contributed by atoms with E-state index >= 15 is 0 Å². The van der Waals surface area contributed by atoms with E-state index in [0.29, 0.717) is 22.6 Å². The van der Waals surface area contributed by atoms with E-state index in [0.717, 1.165) is 10.9 Å². The lowest BCUT2D eigenvalue weighted by molar-refractivity contribution is -0.385. The van der Waals surface area contributed by atoms with Gasteiger partial charge >= 0.3 is 0 Å². The molecule has 1 N–H and O–H groups in total. The summed E-state index contributed by atoms with van der Waals surface area (Å²) in [4.78, 5) is 23.1. The van der Waals surface area contributed by atoms with Crippen molar-refractivity contribution in [3.05, 3.63) is 63.4 Å². The summed E-state index contributed by atoms with van der Waals surface area (Å²) in [5.74, 6) is 0.293. The Labute approximate surface area is 143 Å². The molecule has 1 heterocycles. The van der Waals surface area contributed by atoms with Crippen LogP contribution in [0.2, 0.25) is 0 Å². The second-order valence-electron chi connectivity index (χ2n) is 5.66. The van der Waals surface area contributed by atoms with Crippen molar-refractivity contribution in [2.24, 2.45) is 0 Å². The zero-order chi connectivity index (χ0) is 18.1. The van der Waals surface area contributed by atoms with Crippen molar-refractivity contribution in [1.29, 1.82) is 0 Å². The van der Waals surface area contributed by atoms with Crippen molar-refractivity contribution >= 4 is 28.3 Å². The molecule has 1 aromatic heterocycles.